The molecular weight excluding hydrogens is 415 g/mol. The van der Waals surface area contributed by atoms with Crippen molar-refractivity contribution in [1.82, 2.24) is 9.88 Å². The van der Waals surface area contributed by atoms with Gasteiger partial charge in [0.25, 0.3) is 0 Å². The fourth-order valence-electron chi connectivity index (χ4n) is 4.57. The molecule has 4 rings (SSSR count). The van der Waals surface area contributed by atoms with E-state index in [1.54, 1.807) is 19.2 Å². The number of ether oxygens (including phenoxy) is 1. The first-order valence-corrected chi connectivity index (χ1v) is 11.5. The van der Waals surface area contributed by atoms with Gasteiger partial charge in [-0.2, -0.15) is 0 Å². The maximum Gasteiger partial charge on any atom is 0.232 e. The number of rotatable bonds is 6. The van der Waals surface area contributed by atoms with E-state index in [9.17, 15) is 9.18 Å². The number of benzene rings is 2. The van der Waals surface area contributed by atoms with Crippen molar-refractivity contribution in [3.8, 4) is 5.75 Å². The Bertz CT molecular complexity index is 1090. The third-order valence-electron chi connectivity index (χ3n) is 6.69. The van der Waals surface area contributed by atoms with Crippen LogP contribution in [0.2, 0.25) is 0 Å². The Morgan fingerprint density at radius 1 is 1.06 bits per heavy atom. The van der Waals surface area contributed by atoms with Gasteiger partial charge in [-0.25, -0.2) is 4.39 Å². The van der Waals surface area contributed by atoms with Crippen molar-refractivity contribution in [2.75, 3.05) is 20.2 Å². The molecule has 1 saturated heterocycles. The topological polar surface area (TPSA) is 42.4 Å². The van der Waals surface area contributed by atoms with Crippen molar-refractivity contribution < 1.29 is 13.9 Å². The van der Waals surface area contributed by atoms with E-state index >= 15 is 0 Å². The molecule has 0 radical (unpaired) electrons. The molecule has 0 atom stereocenters. The summed E-state index contributed by atoms with van der Waals surface area (Å²) in [4.78, 5) is 20.0. The lowest BCUT2D eigenvalue weighted by molar-refractivity contribution is -0.137. The summed E-state index contributed by atoms with van der Waals surface area (Å²) < 4.78 is 18.7. The molecule has 172 valence electrons. The Labute approximate surface area is 195 Å². The summed E-state index contributed by atoms with van der Waals surface area (Å²) in [5.74, 6) is 1.08. The molecule has 2 aromatic carbocycles. The first kappa shape index (κ1) is 23.0. The van der Waals surface area contributed by atoms with Crippen LogP contribution < -0.4 is 4.74 Å². The van der Waals surface area contributed by atoms with E-state index in [0.29, 0.717) is 12.3 Å². The third kappa shape index (κ3) is 5.24. The molecule has 33 heavy (non-hydrogen) atoms. The van der Waals surface area contributed by atoms with Crippen molar-refractivity contribution in [1.29, 1.82) is 0 Å². The van der Waals surface area contributed by atoms with Crippen LogP contribution in [0.3, 0.4) is 0 Å². The van der Waals surface area contributed by atoms with E-state index in [0.717, 1.165) is 54.1 Å². The zero-order chi connectivity index (χ0) is 23.4. The molecule has 1 aliphatic heterocycles. The zero-order valence-electron chi connectivity index (χ0n) is 19.6. The highest BCUT2D eigenvalue weighted by atomic mass is 19.1. The van der Waals surface area contributed by atoms with Gasteiger partial charge in [-0.15, -0.1) is 0 Å². The van der Waals surface area contributed by atoms with Gasteiger partial charge in [0.1, 0.15) is 11.6 Å². The van der Waals surface area contributed by atoms with Gasteiger partial charge in [-0.3, -0.25) is 9.78 Å². The lowest BCUT2D eigenvalue weighted by atomic mass is 9.82. The van der Waals surface area contributed by atoms with Crippen molar-refractivity contribution in [3.63, 3.8) is 0 Å². The van der Waals surface area contributed by atoms with Gasteiger partial charge in [0, 0.05) is 30.9 Å². The van der Waals surface area contributed by atoms with Gasteiger partial charge in [0.05, 0.1) is 12.5 Å². The van der Waals surface area contributed by atoms with Crippen LogP contribution in [0, 0.1) is 5.82 Å². The van der Waals surface area contributed by atoms with Gasteiger partial charge in [-0.05, 0) is 80.1 Å². The average Bonchev–Trinajstić information content (AvgIpc) is 2.84. The Morgan fingerprint density at radius 3 is 2.39 bits per heavy atom. The molecule has 4 nitrogen and oxygen atoms in total. The predicted octanol–water partition coefficient (Wildman–Crippen LogP) is 5.50. The monoisotopic (exact) mass is 446 g/mol. The number of hydrogen-bond acceptors (Lipinski definition) is 3. The van der Waals surface area contributed by atoms with Gasteiger partial charge in [-0.1, -0.05) is 30.3 Å². The fraction of sp³-hybridized carbons (Fsp3) is 0.357. The maximum atomic E-state index is 13.4. The third-order valence-corrected chi connectivity index (χ3v) is 6.69. The maximum absolute atomic E-state index is 13.4. The summed E-state index contributed by atoms with van der Waals surface area (Å²) in [6.45, 7) is 5.44. The first-order valence-electron chi connectivity index (χ1n) is 11.5. The van der Waals surface area contributed by atoms with Crippen LogP contribution in [-0.2, 0) is 16.6 Å². The van der Waals surface area contributed by atoms with Crippen LogP contribution in [0.1, 0.15) is 55.0 Å². The lowest BCUT2D eigenvalue weighted by Gasteiger charge is -2.37. The number of methoxy groups -OCH3 is 1. The SMILES string of the molecule is COc1ccc(C(C)(C)C(=O)N2CCC(c3ccc(Cc4cccc(F)c4)cn3)CC2)cc1. The summed E-state index contributed by atoms with van der Waals surface area (Å²) in [6, 6.07) is 18.6. The molecule has 1 fully saturated rings. The number of pyridine rings is 1. The highest BCUT2D eigenvalue weighted by Gasteiger charge is 2.35. The molecule has 1 amide bonds. The second-order valence-electron chi connectivity index (χ2n) is 9.32. The Morgan fingerprint density at radius 2 is 1.79 bits per heavy atom. The first-order chi connectivity index (χ1) is 15.9. The van der Waals surface area contributed by atoms with Crippen molar-refractivity contribution in [2.24, 2.45) is 0 Å². The van der Waals surface area contributed by atoms with Crippen molar-refractivity contribution >= 4 is 5.91 Å². The summed E-state index contributed by atoms with van der Waals surface area (Å²) in [5, 5.41) is 0. The molecule has 0 aliphatic carbocycles. The molecule has 2 heterocycles. The van der Waals surface area contributed by atoms with Crippen LogP contribution in [0.5, 0.6) is 5.75 Å². The Balaban J connectivity index is 1.35. The van der Waals surface area contributed by atoms with Gasteiger partial charge < -0.3 is 9.64 Å². The van der Waals surface area contributed by atoms with E-state index in [1.165, 1.54) is 6.07 Å². The van der Waals surface area contributed by atoms with E-state index in [2.05, 4.69) is 12.1 Å². The minimum absolute atomic E-state index is 0.157. The average molecular weight is 447 g/mol. The lowest BCUT2D eigenvalue weighted by Crippen LogP contribution is -2.46. The van der Waals surface area contributed by atoms with Crippen LogP contribution in [0.15, 0.2) is 66.9 Å². The normalized spacial score (nSPS) is 14.8. The number of aromatic nitrogens is 1. The molecule has 3 aromatic rings. The van der Waals surface area contributed by atoms with Gasteiger partial charge >= 0.3 is 0 Å². The summed E-state index contributed by atoms with van der Waals surface area (Å²) in [5.41, 5.74) is 3.48. The molecule has 0 spiro atoms. The summed E-state index contributed by atoms with van der Waals surface area (Å²) >= 11 is 0. The Kier molecular flexibility index (Phi) is 6.77. The molecule has 0 bridgehead atoms. The quantitative estimate of drug-likeness (QED) is 0.502. The van der Waals surface area contributed by atoms with E-state index < -0.39 is 5.41 Å². The van der Waals surface area contributed by atoms with E-state index in [4.69, 9.17) is 9.72 Å². The Hall–Kier alpha value is -3.21. The second kappa shape index (κ2) is 9.74. The number of piperidine rings is 1. The molecule has 0 saturated carbocycles. The highest BCUT2D eigenvalue weighted by Crippen LogP contribution is 2.32. The molecule has 0 unspecified atom stereocenters. The fourth-order valence-corrected chi connectivity index (χ4v) is 4.57. The number of carbonyl (C=O) groups is 1. The number of halogens is 1. The number of likely N-dealkylation sites (tertiary alicyclic amines) is 1. The molecular formula is C28H31FN2O2. The largest absolute Gasteiger partial charge is 0.497 e. The number of amides is 1. The smallest absolute Gasteiger partial charge is 0.232 e. The highest BCUT2D eigenvalue weighted by molar-refractivity contribution is 5.87. The predicted molar refractivity (Wildman–Crippen MR) is 128 cm³/mol. The minimum atomic E-state index is -0.587. The van der Waals surface area contributed by atoms with Crippen LogP contribution in [-0.4, -0.2) is 36.0 Å². The number of hydrogen-bond donors (Lipinski definition) is 0. The summed E-state index contributed by atoms with van der Waals surface area (Å²) in [6.07, 6.45) is 4.37. The van der Waals surface area contributed by atoms with Gasteiger partial charge in [0.2, 0.25) is 5.91 Å². The number of nitrogens with zero attached hydrogens (tertiary/aromatic N) is 2. The second-order valence-corrected chi connectivity index (χ2v) is 9.32. The molecule has 1 aromatic heterocycles. The van der Waals surface area contributed by atoms with Gasteiger partial charge in [0.15, 0.2) is 0 Å². The van der Waals surface area contributed by atoms with Crippen molar-refractivity contribution in [3.05, 3.63) is 95.1 Å². The summed E-state index contributed by atoms with van der Waals surface area (Å²) in [7, 11) is 1.64. The zero-order valence-corrected chi connectivity index (χ0v) is 19.6. The minimum Gasteiger partial charge on any atom is -0.497 e. The van der Waals surface area contributed by atoms with Crippen LogP contribution in [0.4, 0.5) is 4.39 Å². The van der Waals surface area contributed by atoms with E-state index in [1.807, 2.05) is 55.3 Å². The standard InChI is InChI=1S/C28H31FN2O2/c1-28(2,23-8-10-25(33-3)11-9-23)27(32)31-15-13-22(14-16-31)26-12-7-21(19-30-26)17-20-5-4-6-24(29)18-20/h4-12,18-19,22H,13-17H2,1-3H3. The molecule has 5 heteroatoms. The molecule has 1 aliphatic rings. The number of carbonyl (C=O) groups excluding carboxylic acids is 1. The van der Waals surface area contributed by atoms with E-state index in [-0.39, 0.29) is 11.7 Å². The van der Waals surface area contributed by atoms with Crippen LogP contribution in [0.25, 0.3) is 0 Å². The van der Waals surface area contributed by atoms with Crippen molar-refractivity contribution in [2.45, 2.75) is 44.4 Å². The van der Waals surface area contributed by atoms with Crippen LogP contribution >= 0.6 is 0 Å². The molecule has 0 N–H and O–H groups in total.